The van der Waals surface area contributed by atoms with Crippen LogP contribution in [-0.4, -0.2) is 28.0 Å². The minimum Gasteiger partial charge on any atom is -0.352 e. The van der Waals surface area contributed by atoms with Crippen molar-refractivity contribution in [1.82, 2.24) is 20.6 Å². The molecular weight excluding hydrogens is 204 g/mol. The Labute approximate surface area is 94.0 Å². The average molecular weight is 220 g/mol. The molecule has 16 heavy (non-hydrogen) atoms. The number of hydrogen-bond acceptors (Lipinski definition) is 3. The number of aromatic amines is 1. The van der Waals surface area contributed by atoms with Gasteiger partial charge in [-0.05, 0) is 19.3 Å². The van der Waals surface area contributed by atoms with E-state index in [4.69, 9.17) is 0 Å². The van der Waals surface area contributed by atoms with E-state index in [1.807, 2.05) is 0 Å². The molecule has 3 rings (SSSR count). The Bertz CT molecular complexity index is 396. The summed E-state index contributed by atoms with van der Waals surface area (Å²) in [6.07, 6.45) is 5.89. The topological polar surface area (TPSA) is 69.8 Å². The van der Waals surface area contributed by atoms with Crippen LogP contribution in [0.4, 0.5) is 0 Å². The van der Waals surface area contributed by atoms with Crippen LogP contribution in [0.25, 0.3) is 0 Å². The molecule has 1 amide bonds. The zero-order valence-corrected chi connectivity index (χ0v) is 9.12. The molecular formula is C11H16N4O. The van der Waals surface area contributed by atoms with Gasteiger partial charge in [0.2, 0.25) is 5.91 Å². The van der Waals surface area contributed by atoms with E-state index in [0.717, 1.165) is 24.2 Å². The van der Waals surface area contributed by atoms with Gasteiger partial charge in [-0.25, -0.2) is 4.98 Å². The van der Waals surface area contributed by atoms with Crippen LogP contribution in [0.1, 0.15) is 30.7 Å². The van der Waals surface area contributed by atoms with E-state index < -0.39 is 0 Å². The first-order chi connectivity index (χ1) is 7.83. The van der Waals surface area contributed by atoms with Crippen LogP contribution in [-0.2, 0) is 17.8 Å². The summed E-state index contributed by atoms with van der Waals surface area (Å²) < 4.78 is 0. The van der Waals surface area contributed by atoms with Crippen molar-refractivity contribution < 1.29 is 4.79 Å². The Morgan fingerprint density at radius 3 is 3.12 bits per heavy atom. The SMILES string of the molecule is O=C(NC1CCC1)C1Cc2nc[nH]c2CN1. The Kier molecular flexibility index (Phi) is 2.40. The van der Waals surface area contributed by atoms with Gasteiger partial charge in [-0.1, -0.05) is 0 Å². The van der Waals surface area contributed by atoms with E-state index in [1.165, 1.54) is 6.42 Å². The van der Waals surface area contributed by atoms with Gasteiger partial charge in [0.1, 0.15) is 0 Å². The standard InChI is InChI=1S/C11H16N4O/c16-11(15-7-2-1-3-7)9-4-8-10(5-12-9)14-6-13-8/h6-7,9,12H,1-5H2,(H,13,14)(H,15,16). The molecule has 0 spiro atoms. The van der Waals surface area contributed by atoms with Crippen LogP contribution in [0.15, 0.2) is 6.33 Å². The van der Waals surface area contributed by atoms with Crippen molar-refractivity contribution in [2.45, 2.75) is 44.3 Å². The molecule has 1 aliphatic carbocycles. The molecule has 0 radical (unpaired) electrons. The zero-order valence-electron chi connectivity index (χ0n) is 9.12. The molecule has 2 aliphatic rings. The second kappa shape index (κ2) is 3.90. The second-order valence-electron chi connectivity index (χ2n) is 4.60. The van der Waals surface area contributed by atoms with Crippen molar-refractivity contribution in [3.05, 3.63) is 17.7 Å². The maximum atomic E-state index is 11.9. The minimum absolute atomic E-state index is 0.114. The number of H-pyrrole nitrogens is 1. The third kappa shape index (κ3) is 1.71. The number of aromatic nitrogens is 2. The highest BCUT2D eigenvalue weighted by Crippen LogP contribution is 2.19. The molecule has 1 aromatic rings. The molecule has 86 valence electrons. The maximum absolute atomic E-state index is 11.9. The first-order valence-corrected chi connectivity index (χ1v) is 5.88. The van der Waals surface area contributed by atoms with E-state index in [1.54, 1.807) is 6.33 Å². The molecule has 0 aromatic carbocycles. The van der Waals surface area contributed by atoms with Crippen molar-refractivity contribution in [3.63, 3.8) is 0 Å². The summed E-state index contributed by atoms with van der Waals surface area (Å²) in [5.74, 6) is 0.123. The van der Waals surface area contributed by atoms with Gasteiger partial charge in [0, 0.05) is 19.0 Å². The van der Waals surface area contributed by atoms with Gasteiger partial charge in [0.05, 0.1) is 23.8 Å². The predicted octanol–water partition coefficient (Wildman–Crippen LogP) is 0.0927. The van der Waals surface area contributed by atoms with Crippen molar-refractivity contribution in [3.8, 4) is 0 Å². The number of amides is 1. The lowest BCUT2D eigenvalue weighted by Crippen LogP contribution is -2.51. The number of hydrogen-bond donors (Lipinski definition) is 3. The summed E-state index contributed by atoms with van der Waals surface area (Å²) >= 11 is 0. The number of imidazole rings is 1. The van der Waals surface area contributed by atoms with Crippen molar-refractivity contribution >= 4 is 5.91 Å². The summed E-state index contributed by atoms with van der Waals surface area (Å²) in [7, 11) is 0. The largest absolute Gasteiger partial charge is 0.352 e. The molecule has 0 saturated heterocycles. The normalized spacial score (nSPS) is 24.6. The lowest BCUT2D eigenvalue weighted by molar-refractivity contribution is -0.124. The monoisotopic (exact) mass is 220 g/mol. The molecule has 2 heterocycles. The zero-order chi connectivity index (χ0) is 11.0. The second-order valence-corrected chi connectivity index (χ2v) is 4.60. The van der Waals surface area contributed by atoms with E-state index >= 15 is 0 Å². The highest BCUT2D eigenvalue weighted by atomic mass is 16.2. The van der Waals surface area contributed by atoms with Gasteiger partial charge in [-0.2, -0.15) is 0 Å². The minimum atomic E-state index is -0.114. The van der Waals surface area contributed by atoms with Crippen LogP contribution in [0.3, 0.4) is 0 Å². The number of nitrogens with zero attached hydrogens (tertiary/aromatic N) is 1. The molecule has 1 unspecified atom stereocenters. The fourth-order valence-corrected chi connectivity index (χ4v) is 2.21. The molecule has 1 atom stereocenters. The summed E-state index contributed by atoms with van der Waals surface area (Å²) in [5, 5.41) is 6.30. The van der Waals surface area contributed by atoms with E-state index in [0.29, 0.717) is 19.0 Å². The molecule has 5 heteroatoms. The first kappa shape index (κ1) is 9.84. The van der Waals surface area contributed by atoms with Gasteiger partial charge in [0.15, 0.2) is 0 Å². The summed E-state index contributed by atoms with van der Waals surface area (Å²) in [6, 6.07) is 0.297. The Hall–Kier alpha value is -1.36. The number of carbonyl (C=O) groups is 1. The van der Waals surface area contributed by atoms with Gasteiger partial charge < -0.3 is 10.3 Å². The molecule has 1 aromatic heterocycles. The fraction of sp³-hybridized carbons (Fsp3) is 0.636. The third-order valence-electron chi connectivity index (χ3n) is 3.50. The Morgan fingerprint density at radius 1 is 1.50 bits per heavy atom. The third-order valence-corrected chi connectivity index (χ3v) is 3.50. The highest BCUT2D eigenvalue weighted by molar-refractivity contribution is 5.82. The number of fused-ring (bicyclic) bond motifs is 1. The van der Waals surface area contributed by atoms with Crippen LogP contribution in [0, 0.1) is 0 Å². The highest BCUT2D eigenvalue weighted by Gasteiger charge is 2.28. The van der Waals surface area contributed by atoms with Crippen LogP contribution < -0.4 is 10.6 Å². The maximum Gasteiger partial charge on any atom is 0.237 e. The average Bonchev–Trinajstić information content (AvgIpc) is 2.69. The smallest absolute Gasteiger partial charge is 0.237 e. The van der Waals surface area contributed by atoms with Crippen LogP contribution >= 0.6 is 0 Å². The van der Waals surface area contributed by atoms with E-state index in [9.17, 15) is 4.79 Å². The number of nitrogens with one attached hydrogen (secondary N) is 3. The van der Waals surface area contributed by atoms with Crippen molar-refractivity contribution in [1.29, 1.82) is 0 Å². The van der Waals surface area contributed by atoms with Crippen LogP contribution in [0.2, 0.25) is 0 Å². The molecule has 0 bridgehead atoms. The first-order valence-electron chi connectivity index (χ1n) is 5.88. The quantitative estimate of drug-likeness (QED) is 0.661. The van der Waals surface area contributed by atoms with Gasteiger partial charge in [-0.3, -0.25) is 10.1 Å². The number of carbonyl (C=O) groups excluding carboxylic acids is 1. The van der Waals surface area contributed by atoms with Gasteiger partial charge >= 0.3 is 0 Å². The molecule has 1 saturated carbocycles. The summed E-state index contributed by atoms with van der Waals surface area (Å²) in [4.78, 5) is 19.2. The van der Waals surface area contributed by atoms with E-state index in [2.05, 4.69) is 20.6 Å². The summed E-state index contributed by atoms with van der Waals surface area (Å²) in [6.45, 7) is 0.706. The summed E-state index contributed by atoms with van der Waals surface area (Å²) in [5.41, 5.74) is 2.13. The van der Waals surface area contributed by atoms with Gasteiger partial charge in [0.25, 0.3) is 0 Å². The van der Waals surface area contributed by atoms with Gasteiger partial charge in [-0.15, -0.1) is 0 Å². The van der Waals surface area contributed by atoms with Crippen LogP contribution in [0.5, 0.6) is 0 Å². The van der Waals surface area contributed by atoms with Crippen molar-refractivity contribution in [2.24, 2.45) is 0 Å². The lowest BCUT2D eigenvalue weighted by Gasteiger charge is -2.30. The lowest BCUT2D eigenvalue weighted by atomic mass is 9.92. The Balaban J connectivity index is 1.62. The number of rotatable bonds is 2. The predicted molar refractivity (Wildman–Crippen MR) is 58.7 cm³/mol. The Morgan fingerprint density at radius 2 is 2.38 bits per heavy atom. The molecule has 1 aliphatic heterocycles. The molecule has 1 fully saturated rings. The molecule has 5 nitrogen and oxygen atoms in total. The fourth-order valence-electron chi connectivity index (χ4n) is 2.21. The molecule has 3 N–H and O–H groups in total. The van der Waals surface area contributed by atoms with Crippen molar-refractivity contribution in [2.75, 3.05) is 0 Å². The van der Waals surface area contributed by atoms with E-state index in [-0.39, 0.29) is 11.9 Å².